The molecule has 0 fully saturated rings. The molecule has 1 aromatic carbocycles. The van der Waals surface area contributed by atoms with Gasteiger partial charge in [0.25, 0.3) is 0 Å². The number of rotatable bonds is 3. The lowest BCUT2D eigenvalue weighted by atomic mass is 10.1. The number of Topliss-reactive ketones (excluding diaryl/α,β-unsaturated/α-hetero) is 1. The van der Waals surface area contributed by atoms with Crippen molar-refractivity contribution in [3.8, 4) is 0 Å². The van der Waals surface area contributed by atoms with Crippen LogP contribution in [0.4, 0.5) is 0 Å². The van der Waals surface area contributed by atoms with Gasteiger partial charge in [0.05, 0.1) is 11.0 Å². The molecule has 5 heteroatoms. The van der Waals surface area contributed by atoms with Gasteiger partial charge in [-0.2, -0.15) is 12.6 Å². The van der Waals surface area contributed by atoms with Crippen molar-refractivity contribution in [1.29, 1.82) is 0 Å². The molecule has 15 heavy (non-hydrogen) atoms. The number of hydrogen-bond donors (Lipinski definition) is 3. The van der Waals surface area contributed by atoms with Crippen LogP contribution in [0.2, 0.25) is 0 Å². The molecular weight excluding hydrogens is 228 g/mol. The minimum atomic E-state index is 0.117. The van der Waals surface area contributed by atoms with E-state index in [1.165, 1.54) is 0 Å². The number of fused-ring (bicyclic) bond motifs is 1. The van der Waals surface area contributed by atoms with Gasteiger partial charge in [-0.3, -0.25) is 4.79 Å². The Hall–Kier alpha value is -1.07. The Kier molecular flexibility index (Phi) is 2.93. The van der Waals surface area contributed by atoms with E-state index in [2.05, 4.69) is 22.6 Å². The molecule has 2 rings (SSSR count). The number of nitrogens with one attached hydrogen (secondary N) is 2. The minimum absolute atomic E-state index is 0.117. The van der Waals surface area contributed by atoms with Crippen LogP contribution in [0.25, 0.3) is 11.0 Å². The van der Waals surface area contributed by atoms with Crippen molar-refractivity contribution < 1.29 is 4.79 Å². The van der Waals surface area contributed by atoms with E-state index in [-0.39, 0.29) is 11.5 Å². The fourth-order valence-corrected chi connectivity index (χ4v) is 1.80. The molecule has 0 spiro atoms. The maximum Gasteiger partial charge on any atom is 0.175 e. The van der Waals surface area contributed by atoms with E-state index in [1.807, 2.05) is 18.2 Å². The lowest BCUT2D eigenvalue weighted by Crippen LogP contribution is -2.03. The monoisotopic (exact) mass is 238 g/mol. The average Bonchev–Trinajstić information content (AvgIpc) is 2.57. The first-order valence-corrected chi connectivity index (χ1v) is 5.56. The molecule has 0 atom stereocenters. The Morgan fingerprint density at radius 2 is 2.07 bits per heavy atom. The Labute approximate surface area is 97.3 Å². The van der Waals surface area contributed by atoms with Gasteiger partial charge in [0.1, 0.15) is 5.78 Å². The van der Waals surface area contributed by atoms with Crippen molar-refractivity contribution >= 4 is 41.7 Å². The highest BCUT2D eigenvalue weighted by molar-refractivity contribution is 7.81. The van der Waals surface area contributed by atoms with Crippen LogP contribution in [0.5, 0.6) is 0 Å². The molecule has 3 nitrogen and oxygen atoms in total. The first-order valence-electron chi connectivity index (χ1n) is 4.52. The normalized spacial score (nSPS) is 10.7. The molecule has 1 aromatic heterocycles. The van der Waals surface area contributed by atoms with E-state index in [0.717, 1.165) is 16.6 Å². The zero-order valence-corrected chi connectivity index (χ0v) is 9.62. The number of benzene rings is 1. The summed E-state index contributed by atoms with van der Waals surface area (Å²) in [6.45, 7) is 0. The quantitative estimate of drug-likeness (QED) is 0.567. The van der Waals surface area contributed by atoms with Gasteiger partial charge in [-0.1, -0.05) is 6.07 Å². The summed E-state index contributed by atoms with van der Waals surface area (Å²) >= 11 is 8.92. The number of hydrogen-bond acceptors (Lipinski definition) is 3. The fourth-order valence-electron chi connectivity index (χ4n) is 1.47. The number of imidazole rings is 1. The van der Waals surface area contributed by atoms with Crippen LogP contribution in [0.1, 0.15) is 5.56 Å². The Bertz CT molecular complexity index is 556. The summed E-state index contributed by atoms with van der Waals surface area (Å²) in [6.07, 6.45) is 0.422. The summed E-state index contributed by atoms with van der Waals surface area (Å²) in [5.74, 6) is 0.396. The smallest absolute Gasteiger partial charge is 0.175 e. The van der Waals surface area contributed by atoms with Crippen LogP contribution in [-0.2, 0) is 11.2 Å². The van der Waals surface area contributed by atoms with E-state index >= 15 is 0 Å². The number of carbonyl (C=O) groups excluding carboxylic acids is 1. The summed E-state index contributed by atoms with van der Waals surface area (Å²) in [6, 6.07) is 5.77. The van der Waals surface area contributed by atoms with Crippen molar-refractivity contribution in [2.24, 2.45) is 0 Å². The van der Waals surface area contributed by atoms with Crippen molar-refractivity contribution in [2.45, 2.75) is 6.42 Å². The molecule has 1 heterocycles. The van der Waals surface area contributed by atoms with Crippen LogP contribution in [0, 0.1) is 4.77 Å². The fraction of sp³-hybridized carbons (Fsp3) is 0.200. The van der Waals surface area contributed by atoms with Gasteiger partial charge < -0.3 is 9.97 Å². The topological polar surface area (TPSA) is 48.6 Å². The number of thiol groups is 1. The second-order valence-corrected chi connectivity index (χ2v) is 4.06. The number of carbonyl (C=O) groups is 1. The number of aromatic amines is 2. The van der Waals surface area contributed by atoms with Crippen LogP contribution in [0.3, 0.4) is 0 Å². The predicted molar refractivity (Wildman–Crippen MR) is 66.0 cm³/mol. The van der Waals surface area contributed by atoms with Crippen LogP contribution in [-0.4, -0.2) is 21.5 Å². The maximum atomic E-state index is 11.2. The predicted octanol–water partition coefficient (Wildman–Crippen LogP) is 2.27. The molecule has 0 saturated carbocycles. The molecule has 0 aliphatic carbocycles. The number of ketones is 1. The van der Waals surface area contributed by atoms with E-state index in [0.29, 0.717) is 11.2 Å². The van der Waals surface area contributed by atoms with Gasteiger partial charge >= 0.3 is 0 Å². The number of H-pyrrole nitrogens is 2. The summed E-state index contributed by atoms with van der Waals surface area (Å²) in [7, 11) is 0. The molecule has 2 aromatic rings. The third-order valence-corrected chi connectivity index (χ3v) is 2.71. The van der Waals surface area contributed by atoms with Gasteiger partial charge in [0.2, 0.25) is 0 Å². The second-order valence-electron chi connectivity index (χ2n) is 3.33. The highest BCUT2D eigenvalue weighted by Crippen LogP contribution is 2.13. The van der Waals surface area contributed by atoms with Gasteiger partial charge in [0, 0.05) is 12.2 Å². The van der Waals surface area contributed by atoms with Crippen molar-refractivity contribution in [1.82, 2.24) is 9.97 Å². The summed E-state index contributed by atoms with van der Waals surface area (Å²) in [5.41, 5.74) is 2.87. The molecule has 0 radical (unpaired) electrons. The van der Waals surface area contributed by atoms with Crippen molar-refractivity contribution in [3.63, 3.8) is 0 Å². The molecule has 78 valence electrons. The SMILES string of the molecule is O=C(CS)Cc1ccc2[nH]c(=S)[nH]c2c1. The van der Waals surface area contributed by atoms with E-state index < -0.39 is 0 Å². The first kappa shape index (κ1) is 10.4. The highest BCUT2D eigenvalue weighted by atomic mass is 32.1. The van der Waals surface area contributed by atoms with E-state index in [9.17, 15) is 4.79 Å². The molecular formula is C10H10N2OS2. The Morgan fingerprint density at radius 1 is 1.33 bits per heavy atom. The van der Waals surface area contributed by atoms with Gasteiger partial charge in [-0.15, -0.1) is 0 Å². The molecule has 0 bridgehead atoms. The molecule has 0 saturated heterocycles. The van der Waals surface area contributed by atoms with Gasteiger partial charge in [-0.05, 0) is 29.9 Å². The average molecular weight is 238 g/mol. The summed E-state index contributed by atoms with van der Waals surface area (Å²) in [5, 5.41) is 0. The van der Waals surface area contributed by atoms with Gasteiger partial charge in [-0.25, -0.2) is 0 Å². The molecule has 0 aliphatic heterocycles. The van der Waals surface area contributed by atoms with Crippen molar-refractivity contribution in [2.75, 3.05) is 5.75 Å². The molecule has 0 amide bonds. The Balaban J connectivity index is 2.38. The third-order valence-electron chi connectivity index (χ3n) is 2.16. The standard InChI is InChI=1S/C10H10N2OS2/c13-7(5-14)3-6-1-2-8-9(4-6)12-10(15)11-8/h1-2,4,14H,3,5H2,(H2,11,12,15). The summed E-state index contributed by atoms with van der Waals surface area (Å²) in [4.78, 5) is 17.2. The van der Waals surface area contributed by atoms with Crippen molar-refractivity contribution in [3.05, 3.63) is 28.5 Å². The lowest BCUT2D eigenvalue weighted by Gasteiger charge is -1.98. The first-order chi connectivity index (χ1) is 7.19. The lowest BCUT2D eigenvalue weighted by molar-refractivity contribution is -0.115. The zero-order valence-electron chi connectivity index (χ0n) is 7.91. The zero-order chi connectivity index (χ0) is 10.8. The van der Waals surface area contributed by atoms with Crippen LogP contribution < -0.4 is 0 Å². The molecule has 0 unspecified atom stereocenters. The Morgan fingerprint density at radius 3 is 2.80 bits per heavy atom. The minimum Gasteiger partial charge on any atom is -0.331 e. The number of aromatic nitrogens is 2. The van der Waals surface area contributed by atoms with Crippen LogP contribution in [0.15, 0.2) is 18.2 Å². The molecule has 0 aliphatic rings. The third kappa shape index (κ3) is 2.30. The second kappa shape index (κ2) is 4.20. The molecule has 2 N–H and O–H groups in total. The van der Waals surface area contributed by atoms with E-state index in [1.54, 1.807) is 0 Å². The summed E-state index contributed by atoms with van der Waals surface area (Å²) < 4.78 is 0.600. The largest absolute Gasteiger partial charge is 0.331 e. The maximum absolute atomic E-state index is 11.2. The van der Waals surface area contributed by atoms with E-state index in [4.69, 9.17) is 12.2 Å². The van der Waals surface area contributed by atoms with Gasteiger partial charge in [0.15, 0.2) is 4.77 Å². The van der Waals surface area contributed by atoms with Crippen LogP contribution >= 0.6 is 24.8 Å². The highest BCUT2D eigenvalue weighted by Gasteiger charge is 2.03.